The van der Waals surface area contributed by atoms with E-state index in [1.54, 1.807) is 49.4 Å². The molecule has 0 aliphatic carbocycles. The summed E-state index contributed by atoms with van der Waals surface area (Å²) in [4.78, 5) is 25.3. The SMILES string of the molecule is CCCCS(=O)(=O)N(C)c1ccc(OC(C)C(=O)Nc2cc(O)c(NC(=O)c3ccc(Cl)c(C)c3)cc2Cl)cc1. The average molecular weight is 609 g/mol. The number of carbonyl (C=O) groups excluding carboxylic acids is 2. The third-order valence-corrected chi connectivity index (χ3v) is 8.65. The molecule has 1 atom stereocenters. The number of hydrogen-bond donors (Lipinski definition) is 3. The Morgan fingerprint density at radius 2 is 1.68 bits per heavy atom. The van der Waals surface area contributed by atoms with E-state index in [1.165, 1.54) is 30.4 Å². The smallest absolute Gasteiger partial charge is 0.265 e. The number of halogens is 2. The Hall–Kier alpha value is -3.47. The molecule has 3 rings (SSSR count). The van der Waals surface area contributed by atoms with Crippen LogP contribution in [0.1, 0.15) is 42.6 Å². The number of unbranched alkanes of at least 4 members (excludes halogenated alkanes) is 1. The predicted molar refractivity (Wildman–Crippen MR) is 160 cm³/mol. The maximum Gasteiger partial charge on any atom is 0.265 e. The van der Waals surface area contributed by atoms with Crippen molar-refractivity contribution < 1.29 is 27.9 Å². The highest BCUT2D eigenvalue weighted by atomic mass is 35.5. The highest BCUT2D eigenvalue weighted by molar-refractivity contribution is 7.92. The summed E-state index contributed by atoms with van der Waals surface area (Å²) in [6.07, 6.45) is 0.389. The van der Waals surface area contributed by atoms with Gasteiger partial charge in [-0.05, 0) is 74.4 Å². The van der Waals surface area contributed by atoms with Gasteiger partial charge in [0.25, 0.3) is 11.8 Å². The summed E-state index contributed by atoms with van der Waals surface area (Å²) in [5.74, 6) is -0.905. The summed E-state index contributed by atoms with van der Waals surface area (Å²) < 4.78 is 31.8. The Bertz CT molecular complexity index is 1500. The van der Waals surface area contributed by atoms with Crippen molar-refractivity contribution in [1.82, 2.24) is 0 Å². The molecule has 0 saturated heterocycles. The van der Waals surface area contributed by atoms with E-state index in [0.29, 0.717) is 28.4 Å². The van der Waals surface area contributed by atoms with Gasteiger partial charge in [-0.3, -0.25) is 13.9 Å². The van der Waals surface area contributed by atoms with Gasteiger partial charge in [0.05, 0.1) is 27.8 Å². The zero-order valence-electron chi connectivity index (χ0n) is 22.5. The number of rotatable bonds is 11. The number of phenols is 1. The minimum absolute atomic E-state index is 0.0585. The Morgan fingerprint density at radius 3 is 2.30 bits per heavy atom. The summed E-state index contributed by atoms with van der Waals surface area (Å²) >= 11 is 12.3. The molecule has 0 spiro atoms. The van der Waals surface area contributed by atoms with E-state index in [2.05, 4.69) is 10.6 Å². The predicted octanol–water partition coefficient (Wildman–Crippen LogP) is 6.23. The number of phenolic OH excluding ortho intramolecular Hbond substituents is 1. The molecule has 1 unspecified atom stereocenters. The van der Waals surface area contributed by atoms with Gasteiger partial charge in [0, 0.05) is 23.7 Å². The Morgan fingerprint density at radius 1 is 1.00 bits per heavy atom. The van der Waals surface area contributed by atoms with E-state index in [0.717, 1.165) is 12.0 Å². The molecule has 0 radical (unpaired) electrons. The number of ether oxygens (including phenoxy) is 1. The monoisotopic (exact) mass is 607 g/mol. The molecule has 3 aromatic carbocycles. The van der Waals surface area contributed by atoms with Crippen molar-refractivity contribution in [2.24, 2.45) is 0 Å². The lowest BCUT2D eigenvalue weighted by molar-refractivity contribution is -0.122. The third kappa shape index (κ3) is 7.80. The Labute approximate surface area is 244 Å². The second-order valence-electron chi connectivity index (χ2n) is 9.15. The number of nitrogens with one attached hydrogen (secondary N) is 2. The highest BCUT2D eigenvalue weighted by Gasteiger charge is 2.20. The number of aromatic hydroxyl groups is 1. The lowest BCUT2D eigenvalue weighted by Crippen LogP contribution is -2.30. The van der Waals surface area contributed by atoms with Gasteiger partial charge in [0.1, 0.15) is 11.5 Å². The summed E-state index contributed by atoms with van der Waals surface area (Å²) in [5.41, 5.74) is 1.73. The molecule has 3 aromatic rings. The van der Waals surface area contributed by atoms with Gasteiger partial charge < -0.3 is 20.5 Å². The molecule has 12 heteroatoms. The molecule has 0 aliphatic heterocycles. The summed E-state index contributed by atoms with van der Waals surface area (Å²) in [5, 5.41) is 16.2. The average Bonchev–Trinajstić information content (AvgIpc) is 2.91. The van der Waals surface area contributed by atoms with Crippen LogP contribution >= 0.6 is 23.2 Å². The number of aryl methyl sites for hydroxylation is 1. The van der Waals surface area contributed by atoms with Crippen LogP contribution in [0.25, 0.3) is 0 Å². The number of sulfonamides is 1. The molecule has 0 heterocycles. The van der Waals surface area contributed by atoms with Gasteiger partial charge in [-0.2, -0.15) is 0 Å². The van der Waals surface area contributed by atoms with Crippen molar-refractivity contribution in [3.63, 3.8) is 0 Å². The van der Waals surface area contributed by atoms with Crippen LogP contribution in [0.4, 0.5) is 17.1 Å². The molecule has 9 nitrogen and oxygen atoms in total. The molecule has 214 valence electrons. The minimum Gasteiger partial charge on any atom is -0.506 e. The van der Waals surface area contributed by atoms with Crippen LogP contribution in [-0.4, -0.2) is 44.2 Å². The molecule has 0 aromatic heterocycles. The molecular formula is C28H31Cl2N3O6S. The van der Waals surface area contributed by atoms with E-state index in [-0.39, 0.29) is 27.9 Å². The van der Waals surface area contributed by atoms with Gasteiger partial charge >= 0.3 is 0 Å². The number of anilines is 3. The highest BCUT2D eigenvalue weighted by Crippen LogP contribution is 2.34. The first kappa shape index (κ1) is 31.1. The Kier molecular flexibility index (Phi) is 10.3. The fourth-order valence-corrected chi connectivity index (χ4v) is 5.29. The molecule has 3 N–H and O–H groups in total. The normalized spacial score (nSPS) is 11.9. The van der Waals surface area contributed by atoms with Gasteiger partial charge in [-0.25, -0.2) is 8.42 Å². The van der Waals surface area contributed by atoms with E-state index >= 15 is 0 Å². The first-order valence-electron chi connectivity index (χ1n) is 12.5. The summed E-state index contributed by atoms with van der Waals surface area (Å²) in [6.45, 7) is 5.22. The number of amides is 2. The summed E-state index contributed by atoms with van der Waals surface area (Å²) in [7, 11) is -1.94. The quantitative estimate of drug-likeness (QED) is 0.222. The summed E-state index contributed by atoms with van der Waals surface area (Å²) in [6, 6.07) is 13.7. The molecule has 0 bridgehead atoms. The fraction of sp³-hybridized carbons (Fsp3) is 0.286. The van der Waals surface area contributed by atoms with Gasteiger partial charge in [-0.15, -0.1) is 0 Å². The first-order valence-corrected chi connectivity index (χ1v) is 14.8. The van der Waals surface area contributed by atoms with Crippen molar-refractivity contribution in [3.05, 3.63) is 75.8 Å². The molecule has 2 amide bonds. The van der Waals surface area contributed by atoms with Gasteiger partial charge in [0.15, 0.2) is 6.10 Å². The molecule has 0 saturated carbocycles. The number of hydrogen-bond acceptors (Lipinski definition) is 6. The van der Waals surface area contributed by atoms with Gasteiger partial charge in [0.2, 0.25) is 10.0 Å². The van der Waals surface area contributed by atoms with Crippen LogP contribution in [0, 0.1) is 6.92 Å². The third-order valence-electron chi connectivity index (χ3n) is 6.07. The fourth-order valence-electron chi connectivity index (χ4n) is 3.59. The van der Waals surface area contributed by atoms with Crippen molar-refractivity contribution in [2.75, 3.05) is 27.7 Å². The van der Waals surface area contributed by atoms with E-state index in [1.807, 2.05) is 6.92 Å². The standard InChI is InChI=1S/C28H31Cl2N3O6S/c1-5-6-13-40(37,38)33(4)20-8-10-21(11-9-20)39-18(3)27(35)31-24-16-26(34)25(15-23(24)30)32-28(36)19-7-12-22(29)17(2)14-19/h7-12,14-16,18,34H,5-6,13H2,1-4H3,(H,31,35)(H,32,36). The van der Waals surface area contributed by atoms with Crippen molar-refractivity contribution in [3.8, 4) is 11.5 Å². The second kappa shape index (κ2) is 13.3. The van der Waals surface area contributed by atoms with Crippen LogP contribution in [0.3, 0.4) is 0 Å². The van der Waals surface area contributed by atoms with Crippen molar-refractivity contribution in [1.29, 1.82) is 0 Å². The largest absolute Gasteiger partial charge is 0.506 e. The van der Waals surface area contributed by atoms with Crippen molar-refractivity contribution in [2.45, 2.75) is 39.7 Å². The second-order valence-corrected chi connectivity index (χ2v) is 12.1. The number of carbonyl (C=O) groups is 2. The van der Waals surface area contributed by atoms with Crippen LogP contribution in [0.15, 0.2) is 54.6 Å². The van der Waals surface area contributed by atoms with Crippen LogP contribution in [0.5, 0.6) is 11.5 Å². The zero-order chi connectivity index (χ0) is 29.6. The maximum atomic E-state index is 12.7. The first-order chi connectivity index (χ1) is 18.8. The Balaban J connectivity index is 1.63. The number of benzene rings is 3. The molecule has 0 aliphatic rings. The molecular weight excluding hydrogens is 577 g/mol. The van der Waals surface area contributed by atoms with Crippen LogP contribution in [-0.2, 0) is 14.8 Å². The van der Waals surface area contributed by atoms with Crippen LogP contribution in [0.2, 0.25) is 10.0 Å². The van der Waals surface area contributed by atoms with E-state index in [4.69, 9.17) is 27.9 Å². The maximum absolute atomic E-state index is 12.7. The topological polar surface area (TPSA) is 125 Å². The van der Waals surface area contributed by atoms with E-state index < -0.39 is 27.9 Å². The van der Waals surface area contributed by atoms with Gasteiger partial charge in [-0.1, -0.05) is 36.5 Å². The van der Waals surface area contributed by atoms with Crippen LogP contribution < -0.4 is 19.7 Å². The lowest BCUT2D eigenvalue weighted by Gasteiger charge is -2.20. The number of nitrogens with zero attached hydrogens (tertiary/aromatic N) is 1. The molecule has 40 heavy (non-hydrogen) atoms. The van der Waals surface area contributed by atoms with E-state index in [9.17, 15) is 23.1 Å². The minimum atomic E-state index is -3.43. The zero-order valence-corrected chi connectivity index (χ0v) is 24.8. The lowest BCUT2D eigenvalue weighted by atomic mass is 10.1. The van der Waals surface area contributed by atoms with Crippen molar-refractivity contribution >= 4 is 62.1 Å². The molecule has 0 fully saturated rings.